The maximum Gasteiger partial charge on any atom is 0.226 e. The monoisotopic (exact) mass is 447 g/mol. The minimum atomic E-state index is -0.0771. The Kier molecular flexibility index (Phi) is 6.55. The zero-order chi connectivity index (χ0) is 22.7. The summed E-state index contributed by atoms with van der Waals surface area (Å²) in [6, 6.07) is 17.6. The van der Waals surface area contributed by atoms with Gasteiger partial charge in [-0.05, 0) is 68.9 Å². The van der Waals surface area contributed by atoms with E-state index in [1.54, 1.807) is 0 Å². The van der Waals surface area contributed by atoms with Gasteiger partial charge in [0.2, 0.25) is 5.91 Å². The predicted octanol–water partition coefficient (Wildman–Crippen LogP) is 4.52. The van der Waals surface area contributed by atoms with E-state index >= 15 is 0 Å². The van der Waals surface area contributed by atoms with Crippen molar-refractivity contribution in [2.24, 2.45) is 0 Å². The molecule has 2 atom stereocenters. The molecule has 32 heavy (non-hydrogen) atoms. The number of anilines is 1. The van der Waals surface area contributed by atoms with Crippen molar-refractivity contribution in [1.82, 2.24) is 19.8 Å². The number of amides is 1. The molecule has 1 saturated heterocycles. The second-order valence-corrected chi connectivity index (χ2v) is 8.44. The topological polar surface area (TPSA) is 62.2 Å². The van der Waals surface area contributed by atoms with Gasteiger partial charge in [0.1, 0.15) is 0 Å². The molecule has 0 bridgehead atoms. The van der Waals surface area contributed by atoms with Crippen molar-refractivity contribution in [1.29, 1.82) is 0 Å². The lowest BCUT2D eigenvalue weighted by atomic mass is 9.96. The molecule has 2 N–H and O–H groups in total. The van der Waals surface area contributed by atoms with E-state index in [9.17, 15) is 4.79 Å². The number of pyridine rings is 1. The van der Waals surface area contributed by atoms with Crippen LogP contribution >= 0.6 is 12.2 Å². The molecule has 0 spiro atoms. The van der Waals surface area contributed by atoms with Crippen LogP contribution in [0.2, 0.25) is 0 Å². The van der Waals surface area contributed by atoms with Gasteiger partial charge in [0.25, 0.3) is 0 Å². The highest BCUT2D eigenvalue weighted by Gasteiger charge is 2.41. The van der Waals surface area contributed by atoms with E-state index in [0.29, 0.717) is 18.1 Å². The molecule has 166 valence electrons. The molecule has 3 aromatic rings. The van der Waals surface area contributed by atoms with Crippen LogP contribution in [-0.2, 0) is 11.3 Å². The van der Waals surface area contributed by atoms with E-state index in [4.69, 9.17) is 12.2 Å². The lowest BCUT2D eigenvalue weighted by Gasteiger charge is -2.28. The molecule has 1 aromatic carbocycles. The van der Waals surface area contributed by atoms with Gasteiger partial charge in [0.15, 0.2) is 5.11 Å². The highest BCUT2D eigenvalue weighted by molar-refractivity contribution is 7.80. The number of hydrogen-bond acceptors (Lipinski definition) is 3. The van der Waals surface area contributed by atoms with Crippen molar-refractivity contribution in [3.8, 4) is 0 Å². The minimum Gasteiger partial charge on any atom is -0.352 e. The van der Waals surface area contributed by atoms with E-state index in [1.165, 1.54) is 17.0 Å². The number of thiocarbonyl (C=S) groups is 1. The van der Waals surface area contributed by atoms with Gasteiger partial charge >= 0.3 is 0 Å². The van der Waals surface area contributed by atoms with Crippen molar-refractivity contribution in [3.05, 3.63) is 83.4 Å². The van der Waals surface area contributed by atoms with Crippen molar-refractivity contribution < 1.29 is 4.79 Å². The molecule has 0 radical (unpaired) electrons. The summed E-state index contributed by atoms with van der Waals surface area (Å²) in [6.07, 6.45) is 2.15. The fourth-order valence-corrected chi connectivity index (χ4v) is 4.90. The Morgan fingerprint density at radius 1 is 1.16 bits per heavy atom. The Morgan fingerprint density at radius 3 is 2.56 bits per heavy atom. The van der Waals surface area contributed by atoms with Gasteiger partial charge in [-0.2, -0.15) is 0 Å². The fourth-order valence-electron chi connectivity index (χ4n) is 4.57. The van der Waals surface area contributed by atoms with E-state index < -0.39 is 0 Å². The molecule has 0 saturated carbocycles. The quantitative estimate of drug-likeness (QED) is 0.522. The Hall–Kier alpha value is -3.19. The van der Waals surface area contributed by atoms with Gasteiger partial charge in [0, 0.05) is 42.8 Å². The number of carbonyl (C=O) groups is 1. The molecule has 3 heterocycles. The standard InChI is InChI=1S/C25H29N5OS/c1-4-29-17(2)16-20(18(29)3)24-23(21-12-8-9-14-26-21)28-25(32)30(24)15-13-22(31)27-19-10-6-5-7-11-19/h5-12,14,16,23-24H,4,13,15H2,1-3H3,(H,27,31)(H,28,32). The first-order valence-corrected chi connectivity index (χ1v) is 11.4. The number of rotatable bonds is 7. The average molecular weight is 448 g/mol. The van der Waals surface area contributed by atoms with Crippen molar-refractivity contribution in [2.45, 2.75) is 45.8 Å². The molecular formula is C25H29N5OS. The third kappa shape index (κ3) is 4.39. The lowest BCUT2D eigenvalue weighted by Crippen LogP contribution is -2.32. The molecule has 1 aliphatic rings. The number of nitrogens with zero attached hydrogens (tertiary/aromatic N) is 3. The molecule has 1 amide bonds. The summed E-state index contributed by atoms with van der Waals surface area (Å²) in [6.45, 7) is 7.88. The summed E-state index contributed by atoms with van der Waals surface area (Å²) in [5, 5.41) is 7.09. The molecule has 7 heteroatoms. The number of hydrogen-bond donors (Lipinski definition) is 2. The predicted molar refractivity (Wildman–Crippen MR) is 131 cm³/mol. The zero-order valence-electron chi connectivity index (χ0n) is 18.7. The Morgan fingerprint density at radius 2 is 1.91 bits per heavy atom. The van der Waals surface area contributed by atoms with Crippen molar-refractivity contribution in [2.75, 3.05) is 11.9 Å². The van der Waals surface area contributed by atoms with Gasteiger partial charge < -0.3 is 20.1 Å². The normalized spacial score (nSPS) is 18.0. The van der Waals surface area contributed by atoms with E-state index in [2.05, 4.69) is 51.9 Å². The molecule has 1 aliphatic heterocycles. The third-order valence-electron chi connectivity index (χ3n) is 6.08. The number of benzene rings is 1. The van der Waals surface area contributed by atoms with Crippen LogP contribution in [-0.4, -0.2) is 32.0 Å². The van der Waals surface area contributed by atoms with Gasteiger partial charge in [-0.1, -0.05) is 24.3 Å². The van der Waals surface area contributed by atoms with Crippen LogP contribution in [0.25, 0.3) is 0 Å². The number of para-hydroxylation sites is 1. The van der Waals surface area contributed by atoms with E-state index in [-0.39, 0.29) is 18.0 Å². The first kappa shape index (κ1) is 22.0. The molecule has 6 nitrogen and oxygen atoms in total. The molecule has 2 unspecified atom stereocenters. The van der Waals surface area contributed by atoms with Crippen molar-refractivity contribution >= 4 is 28.9 Å². The second kappa shape index (κ2) is 9.53. The number of aryl methyl sites for hydroxylation is 1. The van der Waals surface area contributed by atoms with Gasteiger partial charge in [0.05, 0.1) is 17.8 Å². The van der Waals surface area contributed by atoms with Crippen LogP contribution in [0.5, 0.6) is 0 Å². The molecule has 0 aliphatic carbocycles. The molecule has 4 rings (SSSR count). The number of aromatic nitrogens is 2. The molecule has 1 fully saturated rings. The Labute approximate surface area is 194 Å². The van der Waals surface area contributed by atoms with Crippen LogP contribution in [0.1, 0.15) is 48.1 Å². The minimum absolute atomic E-state index is 0.0296. The third-order valence-corrected chi connectivity index (χ3v) is 6.44. The Bertz CT molecular complexity index is 1100. The maximum absolute atomic E-state index is 12.6. The summed E-state index contributed by atoms with van der Waals surface area (Å²) in [7, 11) is 0. The average Bonchev–Trinajstić information content (AvgIpc) is 3.28. The van der Waals surface area contributed by atoms with Crippen LogP contribution < -0.4 is 10.6 Å². The largest absolute Gasteiger partial charge is 0.352 e. The zero-order valence-corrected chi connectivity index (χ0v) is 19.5. The van der Waals surface area contributed by atoms with Crippen LogP contribution in [0.15, 0.2) is 60.8 Å². The van der Waals surface area contributed by atoms with Gasteiger partial charge in [-0.25, -0.2) is 0 Å². The van der Waals surface area contributed by atoms with Crippen molar-refractivity contribution in [3.63, 3.8) is 0 Å². The SMILES string of the molecule is CCn1c(C)cc(C2C(c3ccccn3)NC(=S)N2CCC(=O)Nc2ccccc2)c1C. The number of carbonyl (C=O) groups excluding carboxylic acids is 1. The summed E-state index contributed by atoms with van der Waals surface area (Å²) in [4.78, 5) is 19.4. The number of nitrogens with one attached hydrogen (secondary N) is 2. The summed E-state index contributed by atoms with van der Waals surface area (Å²) < 4.78 is 2.31. The maximum atomic E-state index is 12.6. The van der Waals surface area contributed by atoms with Gasteiger partial charge in [-0.3, -0.25) is 9.78 Å². The Balaban J connectivity index is 1.61. The molecular weight excluding hydrogens is 418 g/mol. The van der Waals surface area contributed by atoms with E-state index in [1.807, 2.05) is 54.7 Å². The smallest absolute Gasteiger partial charge is 0.226 e. The van der Waals surface area contributed by atoms with E-state index in [0.717, 1.165) is 17.9 Å². The first-order chi connectivity index (χ1) is 15.5. The highest BCUT2D eigenvalue weighted by Crippen LogP contribution is 2.40. The summed E-state index contributed by atoms with van der Waals surface area (Å²) >= 11 is 5.74. The van der Waals surface area contributed by atoms with Crippen LogP contribution in [0, 0.1) is 13.8 Å². The first-order valence-electron chi connectivity index (χ1n) is 11.0. The van der Waals surface area contributed by atoms with Crippen LogP contribution in [0.4, 0.5) is 5.69 Å². The summed E-state index contributed by atoms with van der Waals surface area (Å²) in [5.41, 5.74) is 5.41. The van der Waals surface area contributed by atoms with Gasteiger partial charge in [-0.15, -0.1) is 0 Å². The second-order valence-electron chi connectivity index (χ2n) is 8.05. The van der Waals surface area contributed by atoms with Crippen LogP contribution in [0.3, 0.4) is 0 Å². The summed E-state index contributed by atoms with van der Waals surface area (Å²) in [5.74, 6) is -0.0296. The fraction of sp³-hybridized carbons (Fsp3) is 0.320. The highest BCUT2D eigenvalue weighted by atomic mass is 32.1. The molecule has 2 aromatic heterocycles. The lowest BCUT2D eigenvalue weighted by molar-refractivity contribution is -0.116.